The molecule has 2 aromatic rings. The Bertz CT molecular complexity index is 504. The summed E-state index contributed by atoms with van der Waals surface area (Å²) in [6.07, 6.45) is 18.7. The molecule has 2 aromatic carbocycles. The van der Waals surface area contributed by atoms with Crippen LogP contribution in [0.25, 0.3) is 0 Å². The van der Waals surface area contributed by atoms with Crippen molar-refractivity contribution in [3.63, 3.8) is 0 Å². The molecule has 26 heavy (non-hydrogen) atoms. The molecule has 0 aliphatic heterocycles. The monoisotopic (exact) mass is 582 g/mol. The zero-order chi connectivity index (χ0) is 15.7. The predicted octanol–water partition coefficient (Wildman–Crippen LogP) is 4.95. The van der Waals surface area contributed by atoms with Crippen molar-refractivity contribution in [3.8, 4) is 0 Å². The first kappa shape index (κ1) is 26.1. The molecular formula is C23H22AuFeP. The van der Waals surface area contributed by atoms with Crippen LogP contribution in [0.15, 0.2) is 60.7 Å². The molecule has 4 rings (SSSR count). The van der Waals surface area contributed by atoms with Crippen molar-refractivity contribution in [2.75, 3.05) is 0 Å². The van der Waals surface area contributed by atoms with Gasteiger partial charge < -0.3 is 7.43 Å². The van der Waals surface area contributed by atoms with Crippen molar-refractivity contribution in [1.29, 1.82) is 0 Å². The smallest absolute Gasteiger partial charge is 0.358 e. The van der Waals surface area contributed by atoms with Crippen LogP contribution in [0.5, 0.6) is 0 Å². The molecule has 0 saturated heterocycles. The summed E-state index contributed by atoms with van der Waals surface area (Å²) < 4.78 is 0. The maximum Gasteiger partial charge on any atom is 1.00 e. The molecule has 3 heteroatoms. The van der Waals surface area contributed by atoms with Gasteiger partial charge in [0, 0.05) is 22.7 Å². The van der Waals surface area contributed by atoms with Gasteiger partial charge in [-0.05, 0) is 76.3 Å². The third kappa shape index (κ3) is 8.02. The van der Waals surface area contributed by atoms with E-state index < -0.39 is 7.92 Å². The summed E-state index contributed by atoms with van der Waals surface area (Å²) in [6.45, 7) is 0. The van der Waals surface area contributed by atoms with E-state index in [4.69, 9.17) is 0 Å². The molecule has 0 amide bonds. The standard InChI is InChI=1S/C17H14P.C5H5.CH3.Au.Fe/c1-3-9-15(10-4-1)18(17-13-7-8-14-17)16-11-5-2-6-12-16;1-2-4-5-3-1;;;/h1-14H;1-5H;1H3;;/q;;-1;+1;. The quantitative estimate of drug-likeness (QED) is 0.273. The molecule has 0 aromatic heterocycles. The zero-order valence-corrected chi connectivity index (χ0v) is 18.7. The van der Waals surface area contributed by atoms with Crippen LogP contribution in [0, 0.1) is 70.9 Å². The molecule has 138 valence electrons. The van der Waals surface area contributed by atoms with Crippen LogP contribution < -0.4 is 10.6 Å². The largest absolute Gasteiger partial charge is 1.00 e. The van der Waals surface area contributed by atoms with Gasteiger partial charge in [0.15, 0.2) is 0 Å². The zero-order valence-electron chi connectivity index (χ0n) is 14.6. The number of rotatable bonds is 3. The van der Waals surface area contributed by atoms with Gasteiger partial charge >= 0.3 is 22.4 Å². The van der Waals surface area contributed by atoms with Crippen molar-refractivity contribution >= 4 is 18.5 Å². The SMILES string of the molecule is [Au+].[CH3-].[CH]1[CH][CH][CH][CH]1.[CH]1[CH][CH][C](P(c2ccccc2)c2ccccc2)[CH]1.[Fe]. The molecule has 0 N–H and O–H groups in total. The Hall–Kier alpha value is 0.130. The molecule has 2 saturated carbocycles. The Kier molecular flexibility index (Phi) is 15.2. The van der Waals surface area contributed by atoms with Crippen molar-refractivity contribution in [3.05, 3.63) is 132 Å². The third-order valence-corrected chi connectivity index (χ3v) is 5.93. The summed E-state index contributed by atoms with van der Waals surface area (Å²) in [5.41, 5.74) is 1.42. The van der Waals surface area contributed by atoms with Crippen LogP contribution in [0.1, 0.15) is 0 Å². The fraction of sp³-hybridized carbons (Fsp3) is 0. The summed E-state index contributed by atoms with van der Waals surface area (Å²) in [5.74, 6) is 0. The van der Waals surface area contributed by atoms with E-state index in [1.807, 2.05) is 32.1 Å². The summed E-state index contributed by atoms with van der Waals surface area (Å²) in [4.78, 5) is 0. The number of hydrogen-bond donors (Lipinski definition) is 0. The Morgan fingerprint density at radius 2 is 0.846 bits per heavy atom. The number of benzene rings is 2. The van der Waals surface area contributed by atoms with Crippen molar-refractivity contribution < 1.29 is 39.4 Å². The van der Waals surface area contributed by atoms with Crippen molar-refractivity contribution in [2.45, 2.75) is 0 Å². The third-order valence-electron chi connectivity index (χ3n) is 3.49. The summed E-state index contributed by atoms with van der Waals surface area (Å²) >= 11 is 0. The summed E-state index contributed by atoms with van der Waals surface area (Å²) in [7, 11) is -0.409. The van der Waals surface area contributed by atoms with Crippen LogP contribution in [0.3, 0.4) is 0 Å². The average Bonchev–Trinajstić information content (AvgIpc) is 3.34. The maximum absolute atomic E-state index is 2.23. The minimum Gasteiger partial charge on any atom is -0.358 e. The normalized spacial score (nSPS) is 15.9. The molecule has 2 fully saturated rings. The molecule has 2 aliphatic carbocycles. The van der Waals surface area contributed by atoms with Crippen LogP contribution in [-0.4, -0.2) is 0 Å². The van der Waals surface area contributed by atoms with E-state index in [0.29, 0.717) is 0 Å². The van der Waals surface area contributed by atoms with Gasteiger partial charge in [-0.15, -0.1) is 0 Å². The van der Waals surface area contributed by atoms with Gasteiger partial charge in [0.25, 0.3) is 0 Å². The predicted molar refractivity (Wildman–Crippen MR) is 107 cm³/mol. The van der Waals surface area contributed by atoms with Gasteiger partial charge in [0.2, 0.25) is 0 Å². The van der Waals surface area contributed by atoms with Gasteiger partial charge in [-0.1, -0.05) is 60.7 Å². The van der Waals surface area contributed by atoms with E-state index in [9.17, 15) is 0 Å². The van der Waals surface area contributed by atoms with Crippen LogP contribution >= 0.6 is 7.92 Å². The fourth-order valence-corrected chi connectivity index (χ4v) is 4.74. The molecule has 0 heterocycles. The van der Waals surface area contributed by atoms with Gasteiger partial charge in [0.1, 0.15) is 0 Å². The Morgan fingerprint density at radius 3 is 1.19 bits per heavy atom. The molecule has 0 nitrogen and oxygen atoms in total. The van der Waals surface area contributed by atoms with Crippen LogP contribution in [-0.2, 0) is 39.4 Å². The maximum atomic E-state index is 2.23. The van der Waals surface area contributed by atoms with Gasteiger partial charge in [-0.25, -0.2) is 0 Å². The summed E-state index contributed by atoms with van der Waals surface area (Å²) in [5, 5.41) is 2.81. The van der Waals surface area contributed by atoms with Crippen LogP contribution in [0.4, 0.5) is 0 Å². The molecule has 0 bridgehead atoms. The Balaban J connectivity index is 0.000000685. The van der Waals surface area contributed by atoms with Gasteiger partial charge in [-0.2, -0.15) is 0 Å². The van der Waals surface area contributed by atoms with E-state index in [2.05, 4.69) is 86.3 Å². The molecule has 2 aliphatic rings. The molecule has 0 unspecified atom stereocenters. The minimum atomic E-state index is -0.409. The topological polar surface area (TPSA) is 0 Å². The van der Waals surface area contributed by atoms with Crippen LogP contribution in [0.2, 0.25) is 0 Å². The number of hydrogen-bond acceptors (Lipinski definition) is 0. The fourth-order valence-electron chi connectivity index (χ4n) is 2.44. The second-order valence-electron chi connectivity index (χ2n) is 5.11. The van der Waals surface area contributed by atoms with E-state index in [0.717, 1.165) is 0 Å². The Morgan fingerprint density at radius 1 is 0.500 bits per heavy atom. The van der Waals surface area contributed by atoms with E-state index in [1.54, 1.807) is 0 Å². The van der Waals surface area contributed by atoms with E-state index in [1.165, 1.54) is 16.3 Å². The van der Waals surface area contributed by atoms with E-state index in [-0.39, 0.29) is 46.9 Å². The summed E-state index contributed by atoms with van der Waals surface area (Å²) in [6, 6.07) is 21.6. The average molecular weight is 582 g/mol. The molecule has 0 spiro atoms. The molecular weight excluding hydrogens is 560 g/mol. The van der Waals surface area contributed by atoms with Gasteiger partial charge in [0.05, 0.1) is 0 Å². The molecule has 10 radical (unpaired) electrons. The molecule has 0 atom stereocenters. The first-order valence-electron chi connectivity index (χ1n) is 7.74. The van der Waals surface area contributed by atoms with Crippen molar-refractivity contribution in [2.24, 2.45) is 0 Å². The second-order valence-corrected chi connectivity index (χ2v) is 7.33. The minimum absolute atomic E-state index is 0. The van der Waals surface area contributed by atoms with Gasteiger partial charge in [-0.3, -0.25) is 0 Å². The Labute approximate surface area is 188 Å². The van der Waals surface area contributed by atoms with Crippen molar-refractivity contribution in [1.82, 2.24) is 0 Å². The second kappa shape index (κ2) is 15.1. The first-order valence-corrected chi connectivity index (χ1v) is 9.08. The first-order chi connectivity index (χ1) is 11.4. The van der Waals surface area contributed by atoms with E-state index >= 15 is 0 Å².